The summed E-state index contributed by atoms with van der Waals surface area (Å²) in [5.74, 6) is 0.548. The van der Waals surface area contributed by atoms with Crippen LogP contribution in [0.25, 0.3) is 11.3 Å². The van der Waals surface area contributed by atoms with E-state index in [0.717, 1.165) is 29.9 Å². The highest BCUT2D eigenvalue weighted by molar-refractivity contribution is 6.33. The van der Waals surface area contributed by atoms with Gasteiger partial charge < -0.3 is 14.7 Å². The Morgan fingerprint density at radius 2 is 1.63 bits per heavy atom. The van der Waals surface area contributed by atoms with Crippen LogP contribution in [-0.2, 0) is 4.79 Å². The predicted octanol–water partition coefficient (Wildman–Crippen LogP) is 4.39. The number of anilines is 1. The number of aromatic nitrogens is 2. The monoisotopic (exact) mass is 491 g/mol. The number of nitrogens with zero attached hydrogens (tertiary/aromatic N) is 5. The molecule has 3 aromatic rings. The van der Waals surface area contributed by atoms with Crippen molar-refractivity contribution in [2.24, 2.45) is 0 Å². The Kier molecular flexibility index (Phi) is 8.32. The summed E-state index contributed by atoms with van der Waals surface area (Å²) in [5, 5.41) is 9.18. The number of hydrogen-bond donors (Lipinski definition) is 0. The van der Waals surface area contributed by atoms with E-state index < -0.39 is 0 Å². The second-order valence-electron chi connectivity index (χ2n) is 8.57. The summed E-state index contributed by atoms with van der Waals surface area (Å²) in [6.07, 6.45) is 1.76. The van der Waals surface area contributed by atoms with Gasteiger partial charge in [0.05, 0.1) is 16.3 Å². The summed E-state index contributed by atoms with van der Waals surface area (Å²) >= 11 is 6.24. The van der Waals surface area contributed by atoms with Crippen LogP contribution in [0.3, 0.4) is 0 Å². The lowest BCUT2D eigenvalue weighted by Crippen LogP contribution is -2.52. The van der Waals surface area contributed by atoms with Crippen LogP contribution in [0.5, 0.6) is 0 Å². The van der Waals surface area contributed by atoms with Crippen molar-refractivity contribution in [2.45, 2.75) is 19.8 Å². The fraction of sp³-hybridized carbons (Fsp3) is 0.333. The summed E-state index contributed by atoms with van der Waals surface area (Å²) in [5.41, 5.74) is 2.29. The molecule has 2 aromatic carbocycles. The van der Waals surface area contributed by atoms with Gasteiger partial charge in [-0.1, -0.05) is 67.4 Å². The van der Waals surface area contributed by atoms with Gasteiger partial charge in [-0.25, -0.2) is 0 Å². The predicted molar refractivity (Wildman–Crippen MR) is 139 cm³/mol. The van der Waals surface area contributed by atoms with Crippen molar-refractivity contribution in [1.29, 1.82) is 0 Å². The maximum Gasteiger partial charge on any atom is 0.255 e. The Balaban J connectivity index is 1.35. The molecule has 0 spiro atoms. The molecule has 4 rings (SSSR count). The highest BCUT2D eigenvalue weighted by atomic mass is 35.5. The van der Waals surface area contributed by atoms with E-state index in [2.05, 4.69) is 22.0 Å². The fourth-order valence-electron chi connectivity index (χ4n) is 4.11. The number of unbranched alkanes of at least 4 members (excludes halogenated alkanes) is 1. The maximum absolute atomic E-state index is 13.1. The van der Waals surface area contributed by atoms with Gasteiger partial charge in [-0.3, -0.25) is 9.59 Å². The van der Waals surface area contributed by atoms with Crippen LogP contribution in [0.2, 0.25) is 5.02 Å². The lowest BCUT2D eigenvalue weighted by Gasteiger charge is -2.36. The molecule has 35 heavy (non-hydrogen) atoms. The van der Waals surface area contributed by atoms with Crippen molar-refractivity contribution in [3.05, 3.63) is 77.3 Å². The van der Waals surface area contributed by atoms with Crippen LogP contribution in [0.1, 0.15) is 30.1 Å². The third-order valence-corrected chi connectivity index (χ3v) is 6.51. The number of benzene rings is 2. The van der Waals surface area contributed by atoms with Gasteiger partial charge in [0.25, 0.3) is 5.91 Å². The highest BCUT2D eigenvalue weighted by Crippen LogP contribution is 2.20. The molecular weight excluding hydrogens is 462 g/mol. The zero-order chi connectivity index (χ0) is 24.6. The first-order valence-corrected chi connectivity index (χ1v) is 12.4. The van der Waals surface area contributed by atoms with Gasteiger partial charge in [0, 0.05) is 38.3 Å². The maximum atomic E-state index is 13.1. The van der Waals surface area contributed by atoms with Crippen molar-refractivity contribution in [2.75, 3.05) is 44.2 Å². The molecule has 1 fully saturated rings. The summed E-state index contributed by atoms with van der Waals surface area (Å²) in [6, 6.07) is 20.9. The molecule has 182 valence electrons. The van der Waals surface area contributed by atoms with E-state index in [1.807, 2.05) is 47.4 Å². The first-order chi connectivity index (χ1) is 17.1. The second-order valence-corrected chi connectivity index (χ2v) is 8.98. The third-order valence-electron chi connectivity index (χ3n) is 6.18. The Labute approximate surface area is 211 Å². The topological polar surface area (TPSA) is 69.6 Å². The number of hydrogen-bond acceptors (Lipinski definition) is 5. The average Bonchev–Trinajstić information content (AvgIpc) is 2.91. The molecule has 1 aliphatic heterocycles. The SMILES string of the molecule is CCCCN(CC(=O)N1CCN(c2ccc(-c3ccccc3)nn2)CC1)C(=O)c1ccccc1Cl. The molecule has 0 aliphatic carbocycles. The standard InChI is InChI=1S/C27H30ClN5O2/c1-2-3-15-33(27(35)22-11-7-8-12-23(22)28)20-26(34)32-18-16-31(17-19-32)25-14-13-24(29-30-25)21-9-5-4-6-10-21/h4-14H,2-3,15-20H2,1H3. The minimum absolute atomic E-state index is 0.0494. The molecule has 0 bridgehead atoms. The van der Waals surface area contributed by atoms with Crippen LogP contribution in [0, 0.1) is 0 Å². The van der Waals surface area contributed by atoms with Gasteiger partial charge in [-0.15, -0.1) is 10.2 Å². The number of rotatable bonds is 8. The van der Waals surface area contributed by atoms with E-state index in [-0.39, 0.29) is 18.4 Å². The Morgan fingerprint density at radius 3 is 2.29 bits per heavy atom. The minimum Gasteiger partial charge on any atom is -0.352 e. The quantitative estimate of drug-likeness (QED) is 0.467. The van der Waals surface area contributed by atoms with E-state index in [0.29, 0.717) is 43.3 Å². The van der Waals surface area contributed by atoms with Crippen molar-refractivity contribution in [1.82, 2.24) is 20.0 Å². The zero-order valence-corrected chi connectivity index (χ0v) is 20.7. The first kappa shape index (κ1) is 24.7. The van der Waals surface area contributed by atoms with Crippen LogP contribution in [0.15, 0.2) is 66.7 Å². The van der Waals surface area contributed by atoms with E-state index >= 15 is 0 Å². The van der Waals surface area contributed by atoms with Crippen molar-refractivity contribution in [3.63, 3.8) is 0 Å². The largest absolute Gasteiger partial charge is 0.352 e. The van der Waals surface area contributed by atoms with E-state index in [1.165, 1.54) is 0 Å². The third kappa shape index (κ3) is 6.17. The molecule has 2 amide bonds. The zero-order valence-electron chi connectivity index (χ0n) is 19.9. The molecule has 0 atom stereocenters. The van der Waals surface area contributed by atoms with Gasteiger partial charge in [0.2, 0.25) is 5.91 Å². The molecule has 1 aromatic heterocycles. The molecule has 0 saturated carbocycles. The number of carbonyl (C=O) groups excluding carboxylic acids is 2. The Hall–Kier alpha value is -3.45. The number of halogens is 1. The fourth-order valence-corrected chi connectivity index (χ4v) is 4.33. The Bertz CT molecular complexity index is 1130. The average molecular weight is 492 g/mol. The second kappa shape index (κ2) is 11.8. The van der Waals surface area contributed by atoms with Crippen LogP contribution in [0.4, 0.5) is 5.82 Å². The number of piperazine rings is 1. The molecule has 0 radical (unpaired) electrons. The summed E-state index contributed by atoms with van der Waals surface area (Å²) in [4.78, 5) is 31.8. The van der Waals surface area contributed by atoms with Crippen molar-refractivity contribution < 1.29 is 9.59 Å². The molecule has 0 unspecified atom stereocenters. The van der Waals surface area contributed by atoms with Crippen LogP contribution < -0.4 is 4.90 Å². The molecule has 0 N–H and O–H groups in total. The Morgan fingerprint density at radius 1 is 0.914 bits per heavy atom. The smallest absolute Gasteiger partial charge is 0.255 e. The highest BCUT2D eigenvalue weighted by Gasteiger charge is 2.26. The first-order valence-electron chi connectivity index (χ1n) is 12.0. The van der Waals surface area contributed by atoms with E-state index in [4.69, 9.17) is 11.6 Å². The van der Waals surface area contributed by atoms with E-state index in [9.17, 15) is 9.59 Å². The summed E-state index contributed by atoms with van der Waals surface area (Å²) in [7, 11) is 0. The van der Waals surface area contributed by atoms with Crippen molar-refractivity contribution >= 4 is 29.2 Å². The van der Waals surface area contributed by atoms with Gasteiger partial charge in [-0.2, -0.15) is 0 Å². The van der Waals surface area contributed by atoms with Gasteiger partial charge >= 0.3 is 0 Å². The van der Waals surface area contributed by atoms with E-state index in [1.54, 1.807) is 29.2 Å². The van der Waals surface area contributed by atoms with Gasteiger partial charge in [0.15, 0.2) is 5.82 Å². The summed E-state index contributed by atoms with van der Waals surface area (Å²) in [6.45, 7) is 5.11. The molecule has 1 saturated heterocycles. The lowest BCUT2D eigenvalue weighted by atomic mass is 10.1. The number of amides is 2. The van der Waals surface area contributed by atoms with Crippen molar-refractivity contribution in [3.8, 4) is 11.3 Å². The van der Waals surface area contributed by atoms with Crippen LogP contribution in [-0.4, -0.2) is 71.1 Å². The molecule has 7 nitrogen and oxygen atoms in total. The minimum atomic E-state index is -0.204. The van der Waals surface area contributed by atoms with Gasteiger partial charge in [-0.05, 0) is 30.7 Å². The molecular formula is C27H30ClN5O2. The normalized spacial score (nSPS) is 13.5. The molecule has 2 heterocycles. The molecule has 1 aliphatic rings. The number of carbonyl (C=O) groups is 2. The molecule has 8 heteroatoms. The lowest BCUT2D eigenvalue weighted by molar-refractivity contribution is -0.132. The van der Waals surface area contributed by atoms with Crippen LogP contribution >= 0.6 is 11.6 Å². The summed E-state index contributed by atoms with van der Waals surface area (Å²) < 4.78 is 0. The van der Waals surface area contributed by atoms with Gasteiger partial charge in [0.1, 0.15) is 6.54 Å².